The van der Waals surface area contributed by atoms with Crippen LogP contribution < -0.4 is 0 Å². The van der Waals surface area contributed by atoms with E-state index in [2.05, 4.69) is 27.3 Å². The highest BCUT2D eigenvalue weighted by molar-refractivity contribution is 8.00. The summed E-state index contributed by atoms with van der Waals surface area (Å²) in [7, 11) is 1.55. The van der Waals surface area contributed by atoms with E-state index in [0.29, 0.717) is 5.82 Å². The van der Waals surface area contributed by atoms with Gasteiger partial charge in [0, 0.05) is 12.8 Å². The van der Waals surface area contributed by atoms with Crippen LogP contribution in [0.5, 0.6) is 5.06 Å². The van der Waals surface area contributed by atoms with Crippen LogP contribution in [-0.4, -0.2) is 17.1 Å². The van der Waals surface area contributed by atoms with E-state index in [1.165, 1.54) is 16.9 Å². The van der Waals surface area contributed by atoms with Crippen LogP contribution in [0.15, 0.2) is 44.9 Å². The first-order chi connectivity index (χ1) is 8.29. The molecule has 0 saturated carbocycles. The predicted molar refractivity (Wildman–Crippen MR) is 70.2 cm³/mol. The van der Waals surface area contributed by atoms with Crippen LogP contribution in [0, 0.1) is 0 Å². The van der Waals surface area contributed by atoms with Crippen LogP contribution in [0.4, 0.5) is 5.82 Å². The van der Waals surface area contributed by atoms with Gasteiger partial charge in [-0.3, -0.25) is 0 Å². The van der Waals surface area contributed by atoms with E-state index in [4.69, 9.17) is 0 Å². The van der Waals surface area contributed by atoms with Gasteiger partial charge in [-0.25, -0.2) is 4.98 Å². The van der Waals surface area contributed by atoms with Gasteiger partial charge in [0.25, 0.3) is 0 Å². The molecule has 0 atom stereocenters. The largest absolute Gasteiger partial charge is 0.497 e. The van der Waals surface area contributed by atoms with Crippen molar-refractivity contribution in [2.75, 3.05) is 7.05 Å². The number of azo groups is 1. The molecule has 2 aromatic rings. The molecule has 0 spiro atoms. The first-order valence-electron chi connectivity index (χ1n) is 4.96. The number of thiazole rings is 1. The molecule has 1 aromatic heterocycles. The summed E-state index contributed by atoms with van der Waals surface area (Å²) in [6, 6.07) is 10.1. The second kappa shape index (κ2) is 5.79. The Morgan fingerprint density at radius 1 is 1.35 bits per heavy atom. The summed E-state index contributed by atoms with van der Waals surface area (Å²) >= 11 is 2.81. The van der Waals surface area contributed by atoms with Crippen LogP contribution in [0.2, 0.25) is 0 Å². The van der Waals surface area contributed by atoms with E-state index in [1.807, 2.05) is 18.2 Å². The summed E-state index contributed by atoms with van der Waals surface area (Å²) in [5, 5.41) is 17.0. The number of thioether (sulfide) groups is 1. The van der Waals surface area contributed by atoms with Crippen molar-refractivity contribution in [2.45, 2.75) is 10.1 Å². The minimum Gasteiger partial charge on any atom is -0.497 e. The molecule has 1 aromatic carbocycles. The van der Waals surface area contributed by atoms with Crippen LogP contribution in [-0.2, 0) is 5.75 Å². The highest BCUT2D eigenvalue weighted by Crippen LogP contribution is 2.38. The number of aromatic nitrogens is 1. The highest BCUT2D eigenvalue weighted by atomic mass is 32.2. The summed E-state index contributed by atoms with van der Waals surface area (Å²) in [5.41, 5.74) is 1.23. The summed E-state index contributed by atoms with van der Waals surface area (Å²) in [5.74, 6) is 1.13. The number of hydrogen-bond acceptors (Lipinski definition) is 6. The zero-order valence-electron chi connectivity index (χ0n) is 9.20. The van der Waals surface area contributed by atoms with Gasteiger partial charge in [0.15, 0.2) is 4.34 Å². The lowest BCUT2D eigenvalue weighted by Crippen LogP contribution is -1.78. The normalized spacial score (nSPS) is 11.1. The zero-order chi connectivity index (χ0) is 12.1. The first-order valence-corrected chi connectivity index (χ1v) is 6.76. The van der Waals surface area contributed by atoms with Gasteiger partial charge in [-0.15, -0.1) is 5.11 Å². The predicted octanol–water partition coefficient (Wildman–Crippen LogP) is 3.85. The standard InChI is InChI=1S/C11H11N3OS2/c1-12-14-9-10(15)17-11(13-9)16-7-8-5-3-2-4-6-8/h2-6,15H,7H2,1H3. The lowest BCUT2D eigenvalue weighted by molar-refractivity contribution is 0.490. The fourth-order valence-corrected chi connectivity index (χ4v) is 2.98. The van der Waals surface area contributed by atoms with Crippen molar-refractivity contribution in [2.24, 2.45) is 10.2 Å². The average molecular weight is 265 g/mol. The molecule has 0 bridgehead atoms. The van der Waals surface area contributed by atoms with Crippen molar-refractivity contribution < 1.29 is 5.11 Å². The van der Waals surface area contributed by atoms with Gasteiger partial charge in [-0.05, 0) is 5.56 Å². The van der Waals surface area contributed by atoms with E-state index < -0.39 is 0 Å². The molecule has 17 heavy (non-hydrogen) atoms. The molecule has 88 valence electrons. The van der Waals surface area contributed by atoms with Crippen LogP contribution in [0.3, 0.4) is 0 Å². The summed E-state index contributed by atoms with van der Waals surface area (Å²) in [4.78, 5) is 4.19. The van der Waals surface area contributed by atoms with Crippen LogP contribution >= 0.6 is 23.1 Å². The molecule has 0 radical (unpaired) electrons. The molecule has 0 aliphatic heterocycles. The fraction of sp³-hybridized carbons (Fsp3) is 0.182. The van der Waals surface area contributed by atoms with Crippen LogP contribution in [0.1, 0.15) is 5.56 Å². The number of nitrogens with zero attached hydrogens (tertiary/aromatic N) is 3. The number of aromatic hydroxyl groups is 1. The van der Waals surface area contributed by atoms with Gasteiger partial charge in [0.05, 0.1) is 0 Å². The topological polar surface area (TPSA) is 57.8 Å². The Bertz CT molecular complexity index is 511. The number of benzene rings is 1. The third kappa shape index (κ3) is 3.28. The summed E-state index contributed by atoms with van der Waals surface area (Å²) in [6.45, 7) is 0. The van der Waals surface area contributed by atoms with Crippen molar-refractivity contribution >= 4 is 28.9 Å². The fourth-order valence-electron chi connectivity index (χ4n) is 1.23. The third-order valence-corrected chi connectivity index (χ3v) is 4.03. The zero-order valence-corrected chi connectivity index (χ0v) is 10.8. The number of hydrogen-bond donors (Lipinski definition) is 1. The molecule has 6 heteroatoms. The van der Waals surface area contributed by atoms with E-state index in [9.17, 15) is 5.11 Å². The Morgan fingerprint density at radius 3 is 2.82 bits per heavy atom. The monoisotopic (exact) mass is 265 g/mol. The minimum atomic E-state index is 0.117. The van der Waals surface area contributed by atoms with E-state index >= 15 is 0 Å². The smallest absolute Gasteiger partial charge is 0.229 e. The molecule has 4 nitrogen and oxygen atoms in total. The van der Waals surface area contributed by atoms with E-state index in [0.717, 1.165) is 10.1 Å². The molecule has 0 aliphatic carbocycles. The maximum absolute atomic E-state index is 9.55. The van der Waals surface area contributed by atoms with Gasteiger partial charge in [-0.2, -0.15) is 5.11 Å². The second-order valence-corrected chi connectivity index (χ2v) is 5.38. The molecule has 2 rings (SSSR count). The van der Waals surface area contributed by atoms with Crippen molar-refractivity contribution in [1.29, 1.82) is 0 Å². The lowest BCUT2D eigenvalue weighted by Gasteiger charge is -1.96. The van der Waals surface area contributed by atoms with Gasteiger partial charge in [0.2, 0.25) is 10.9 Å². The Kier molecular flexibility index (Phi) is 4.11. The van der Waals surface area contributed by atoms with Gasteiger partial charge in [0.1, 0.15) is 0 Å². The van der Waals surface area contributed by atoms with E-state index in [1.54, 1.807) is 18.8 Å². The van der Waals surface area contributed by atoms with E-state index in [-0.39, 0.29) is 5.06 Å². The molecule has 1 heterocycles. The maximum atomic E-state index is 9.55. The Morgan fingerprint density at radius 2 is 2.12 bits per heavy atom. The SMILES string of the molecule is CN=Nc1nc(SCc2ccccc2)sc1O. The maximum Gasteiger partial charge on any atom is 0.229 e. The Labute approximate surface area is 107 Å². The lowest BCUT2D eigenvalue weighted by atomic mass is 10.2. The molecule has 0 fully saturated rings. The van der Waals surface area contributed by atoms with Gasteiger partial charge >= 0.3 is 0 Å². The van der Waals surface area contributed by atoms with Crippen molar-refractivity contribution in [1.82, 2.24) is 4.98 Å². The van der Waals surface area contributed by atoms with Gasteiger partial charge < -0.3 is 5.11 Å². The first kappa shape index (κ1) is 12.1. The quantitative estimate of drug-likeness (QED) is 0.674. The summed E-state index contributed by atoms with van der Waals surface area (Å²) < 4.78 is 0.800. The molecule has 0 saturated heterocycles. The molecule has 1 N–H and O–H groups in total. The van der Waals surface area contributed by atoms with Crippen molar-refractivity contribution in [3.63, 3.8) is 0 Å². The highest BCUT2D eigenvalue weighted by Gasteiger charge is 2.09. The van der Waals surface area contributed by atoms with Crippen molar-refractivity contribution in [3.8, 4) is 5.06 Å². The van der Waals surface area contributed by atoms with Gasteiger partial charge in [-0.1, -0.05) is 53.4 Å². The molecule has 0 amide bonds. The molecule has 0 aliphatic rings. The Balaban J connectivity index is 2.02. The third-order valence-electron chi connectivity index (χ3n) is 1.97. The van der Waals surface area contributed by atoms with Crippen LogP contribution in [0.25, 0.3) is 0 Å². The molecule has 0 unspecified atom stereocenters. The Hall–Kier alpha value is -1.40. The second-order valence-electron chi connectivity index (χ2n) is 3.18. The summed E-state index contributed by atoms with van der Waals surface area (Å²) in [6.07, 6.45) is 0. The average Bonchev–Trinajstić information content (AvgIpc) is 2.70. The number of rotatable bonds is 4. The molecular weight excluding hydrogens is 254 g/mol. The minimum absolute atomic E-state index is 0.117. The molecular formula is C11H11N3OS2. The van der Waals surface area contributed by atoms with Crippen molar-refractivity contribution in [3.05, 3.63) is 35.9 Å².